The molecule has 1 amide bonds. The van der Waals surface area contributed by atoms with E-state index in [0.29, 0.717) is 18.2 Å². The van der Waals surface area contributed by atoms with Crippen molar-refractivity contribution in [1.29, 1.82) is 0 Å². The second-order valence-corrected chi connectivity index (χ2v) is 4.49. The maximum Gasteiger partial charge on any atom is 0.244 e. The van der Waals surface area contributed by atoms with Crippen molar-refractivity contribution in [3.8, 4) is 5.75 Å². The number of fused-ring (bicyclic) bond motifs is 1. The number of halogens is 1. The van der Waals surface area contributed by atoms with E-state index in [0.717, 1.165) is 16.9 Å². The van der Waals surface area contributed by atoms with E-state index in [1.54, 1.807) is 18.2 Å². The zero-order chi connectivity index (χ0) is 13.7. The van der Waals surface area contributed by atoms with Crippen LogP contribution in [-0.2, 0) is 4.79 Å². The van der Waals surface area contributed by atoms with Crippen molar-refractivity contribution in [2.24, 2.45) is 0 Å². The molecule has 0 aliphatic carbocycles. The first kappa shape index (κ1) is 13.4. The Morgan fingerprint density at radius 1 is 1.53 bits per heavy atom. The van der Waals surface area contributed by atoms with E-state index in [-0.39, 0.29) is 5.91 Å². The lowest BCUT2D eigenvalue weighted by molar-refractivity contribution is -0.116. The van der Waals surface area contributed by atoms with Gasteiger partial charge in [0, 0.05) is 23.2 Å². The molecule has 1 aromatic rings. The third kappa shape index (κ3) is 3.73. The molecule has 1 heterocycles. The van der Waals surface area contributed by atoms with Crippen molar-refractivity contribution >= 4 is 23.6 Å². The van der Waals surface area contributed by atoms with Gasteiger partial charge in [0.05, 0.1) is 0 Å². The summed E-state index contributed by atoms with van der Waals surface area (Å²) >= 11 is 5.93. The van der Waals surface area contributed by atoms with Crippen molar-refractivity contribution in [1.82, 2.24) is 5.32 Å². The number of rotatable bonds is 4. The van der Waals surface area contributed by atoms with E-state index in [1.807, 2.05) is 18.2 Å². The average molecular weight is 276 g/mol. The Bertz CT molecular complexity index is 561. The summed E-state index contributed by atoms with van der Waals surface area (Å²) in [5.74, 6) is 0.648. The zero-order valence-electron chi connectivity index (χ0n) is 10.4. The van der Waals surface area contributed by atoms with Gasteiger partial charge in [0.15, 0.2) is 0 Å². The van der Waals surface area contributed by atoms with Crippen LogP contribution in [0.15, 0.2) is 48.6 Å². The van der Waals surface area contributed by atoms with Crippen LogP contribution in [0.25, 0.3) is 6.08 Å². The van der Waals surface area contributed by atoms with Gasteiger partial charge in [-0.3, -0.25) is 4.79 Å². The second-order valence-electron chi connectivity index (χ2n) is 4.06. The summed E-state index contributed by atoms with van der Waals surface area (Å²) in [5.41, 5.74) is 1.84. The lowest BCUT2D eigenvalue weighted by Gasteiger charge is -2.16. The first-order valence-corrected chi connectivity index (χ1v) is 6.26. The predicted molar refractivity (Wildman–Crippen MR) is 77.3 cm³/mol. The van der Waals surface area contributed by atoms with Gasteiger partial charge in [0.1, 0.15) is 12.4 Å². The zero-order valence-corrected chi connectivity index (χ0v) is 11.1. The van der Waals surface area contributed by atoms with Crippen LogP contribution < -0.4 is 10.1 Å². The standard InChI is InChI=1S/C15H14ClNO2/c1-2-7-17-15(18)6-3-11-8-12-9-13(16)4-5-14(12)19-10-11/h2-6,8-9H,1,7,10H2,(H,17,18)/b6-3+. The SMILES string of the molecule is C=CCNC(=O)/C=C/C1=Cc2cc(Cl)ccc2OC1. The largest absolute Gasteiger partial charge is 0.488 e. The molecule has 0 bridgehead atoms. The first-order chi connectivity index (χ1) is 9.19. The monoisotopic (exact) mass is 275 g/mol. The minimum absolute atomic E-state index is 0.155. The molecule has 0 spiro atoms. The Kier molecular flexibility index (Phi) is 4.42. The highest BCUT2D eigenvalue weighted by Gasteiger charge is 2.10. The van der Waals surface area contributed by atoms with Crippen LogP contribution in [0.5, 0.6) is 5.75 Å². The molecular weight excluding hydrogens is 262 g/mol. The Labute approximate surface area is 117 Å². The summed E-state index contributed by atoms with van der Waals surface area (Å²) in [7, 11) is 0. The Hall–Kier alpha value is -2.00. The van der Waals surface area contributed by atoms with Gasteiger partial charge < -0.3 is 10.1 Å². The molecule has 0 saturated carbocycles. The molecule has 2 rings (SSSR count). The van der Waals surface area contributed by atoms with Gasteiger partial charge in [-0.25, -0.2) is 0 Å². The number of nitrogens with one attached hydrogen (secondary N) is 1. The lowest BCUT2D eigenvalue weighted by Crippen LogP contribution is -2.20. The molecule has 1 aliphatic heterocycles. The average Bonchev–Trinajstić information content (AvgIpc) is 2.42. The molecule has 19 heavy (non-hydrogen) atoms. The molecule has 4 heteroatoms. The van der Waals surface area contributed by atoms with Crippen LogP contribution >= 0.6 is 11.6 Å². The van der Waals surface area contributed by atoms with E-state index in [4.69, 9.17) is 16.3 Å². The molecule has 0 aromatic heterocycles. The lowest BCUT2D eigenvalue weighted by atomic mass is 10.1. The van der Waals surface area contributed by atoms with Crippen molar-refractivity contribution < 1.29 is 9.53 Å². The topological polar surface area (TPSA) is 38.3 Å². The van der Waals surface area contributed by atoms with Gasteiger partial charge in [-0.15, -0.1) is 6.58 Å². The highest BCUT2D eigenvalue weighted by molar-refractivity contribution is 6.30. The van der Waals surface area contributed by atoms with Gasteiger partial charge >= 0.3 is 0 Å². The fraction of sp³-hybridized carbons (Fsp3) is 0.133. The number of hydrogen-bond acceptors (Lipinski definition) is 2. The molecule has 0 unspecified atom stereocenters. The van der Waals surface area contributed by atoms with Crippen LogP contribution in [0.3, 0.4) is 0 Å². The Balaban J connectivity index is 2.08. The number of amides is 1. The minimum Gasteiger partial charge on any atom is -0.488 e. The van der Waals surface area contributed by atoms with E-state index in [2.05, 4.69) is 11.9 Å². The molecule has 0 radical (unpaired) electrons. The van der Waals surface area contributed by atoms with Crippen LogP contribution in [0.2, 0.25) is 5.02 Å². The van der Waals surface area contributed by atoms with E-state index in [1.165, 1.54) is 6.08 Å². The molecule has 3 nitrogen and oxygen atoms in total. The van der Waals surface area contributed by atoms with Crippen LogP contribution in [0.1, 0.15) is 5.56 Å². The fourth-order valence-corrected chi connectivity index (χ4v) is 1.86. The molecule has 1 aliphatic rings. The summed E-state index contributed by atoms with van der Waals surface area (Å²) in [6, 6.07) is 5.46. The molecule has 98 valence electrons. The highest BCUT2D eigenvalue weighted by atomic mass is 35.5. The quantitative estimate of drug-likeness (QED) is 0.678. The molecule has 0 atom stereocenters. The number of hydrogen-bond donors (Lipinski definition) is 1. The van der Waals surface area contributed by atoms with E-state index in [9.17, 15) is 4.79 Å². The molecule has 1 N–H and O–H groups in total. The Morgan fingerprint density at radius 3 is 3.16 bits per heavy atom. The van der Waals surface area contributed by atoms with Crippen molar-refractivity contribution in [2.75, 3.05) is 13.2 Å². The summed E-state index contributed by atoms with van der Waals surface area (Å²) in [6.45, 7) is 4.43. The number of benzene rings is 1. The van der Waals surface area contributed by atoms with Gasteiger partial charge in [-0.1, -0.05) is 23.8 Å². The van der Waals surface area contributed by atoms with Crippen LogP contribution in [0, 0.1) is 0 Å². The molecular formula is C15H14ClNO2. The van der Waals surface area contributed by atoms with Crippen LogP contribution in [0.4, 0.5) is 0 Å². The number of carbonyl (C=O) groups is 1. The third-order valence-electron chi connectivity index (χ3n) is 2.58. The van der Waals surface area contributed by atoms with E-state index < -0.39 is 0 Å². The smallest absolute Gasteiger partial charge is 0.244 e. The normalized spacial score (nSPS) is 13.4. The first-order valence-electron chi connectivity index (χ1n) is 5.89. The third-order valence-corrected chi connectivity index (χ3v) is 2.81. The molecule has 0 saturated heterocycles. The fourth-order valence-electron chi connectivity index (χ4n) is 1.68. The number of carbonyl (C=O) groups excluding carboxylic acids is 1. The van der Waals surface area contributed by atoms with Gasteiger partial charge in [0.2, 0.25) is 5.91 Å². The van der Waals surface area contributed by atoms with Crippen LogP contribution in [-0.4, -0.2) is 19.1 Å². The molecule has 1 aromatic carbocycles. The van der Waals surface area contributed by atoms with Crippen molar-refractivity contribution in [2.45, 2.75) is 0 Å². The van der Waals surface area contributed by atoms with Crippen molar-refractivity contribution in [3.05, 3.63) is 59.2 Å². The number of ether oxygens (including phenoxy) is 1. The predicted octanol–water partition coefficient (Wildman–Crippen LogP) is 2.97. The van der Waals surface area contributed by atoms with Gasteiger partial charge in [-0.2, -0.15) is 0 Å². The van der Waals surface area contributed by atoms with Crippen molar-refractivity contribution in [3.63, 3.8) is 0 Å². The van der Waals surface area contributed by atoms with Gasteiger partial charge in [-0.05, 0) is 29.8 Å². The molecule has 0 fully saturated rings. The van der Waals surface area contributed by atoms with E-state index >= 15 is 0 Å². The highest BCUT2D eigenvalue weighted by Crippen LogP contribution is 2.29. The maximum atomic E-state index is 11.4. The summed E-state index contributed by atoms with van der Waals surface area (Å²) in [6.07, 6.45) is 6.81. The second kappa shape index (κ2) is 6.25. The Morgan fingerprint density at radius 2 is 2.37 bits per heavy atom. The summed E-state index contributed by atoms with van der Waals surface area (Å²) in [4.78, 5) is 11.4. The van der Waals surface area contributed by atoms with Gasteiger partial charge in [0.25, 0.3) is 0 Å². The summed E-state index contributed by atoms with van der Waals surface area (Å²) < 4.78 is 5.58. The summed E-state index contributed by atoms with van der Waals surface area (Å²) in [5, 5.41) is 3.33. The maximum absolute atomic E-state index is 11.4. The minimum atomic E-state index is -0.155.